The van der Waals surface area contributed by atoms with Gasteiger partial charge in [0.15, 0.2) is 0 Å². The predicted molar refractivity (Wildman–Crippen MR) is 73.0 cm³/mol. The molecule has 0 bridgehead atoms. The zero-order chi connectivity index (χ0) is 12.4. The molecule has 0 aromatic heterocycles. The molecule has 1 aliphatic rings. The minimum atomic E-state index is 0.150. The smallest absolute Gasteiger partial charge is 0.138 e. The molecule has 3 heteroatoms. The predicted octanol–water partition coefficient (Wildman–Crippen LogP) is 4.34. The van der Waals surface area contributed by atoms with Crippen molar-refractivity contribution < 1.29 is 4.74 Å². The molecule has 1 aromatic rings. The zero-order valence-corrected chi connectivity index (χ0v) is 11.4. The first-order chi connectivity index (χ1) is 8.06. The number of benzene rings is 1. The molecule has 1 N–H and O–H groups in total. The highest BCUT2D eigenvalue weighted by atomic mass is 35.5. The van der Waals surface area contributed by atoms with Gasteiger partial charge in [-0.15, -0.1) is 0 Å². The van der Waals surface area contributed by atoms with E-state index >= 15 is 0 Å². The molecule has 1 saturated carbocycles. The highest BCUT2D eigenvalue weighted by Crippen LogP contribution is 2.35. The van der Waals surface area contributed by atoms with E-state index in [1.165, 1.54) is 12.8 Å². The number of hydrogen-bond donors (Lipinski definition) is 1. The Kier molecular flexibility index (Phi) is 3.82. The maximum absolute atomic E-state index is 6.19. The minimum Gasteiger partial charge on any atom is -0.489 e. The summed E-state index contributed by atoms with van der Waals surface area (Å²) in [7, 11) is 0. The molecule has 1 fully saturated rings. The lowest BCUT2D eigenvalue weighted by atomic mass is 10.2. The SMILES string of the molecule is CC(C)Oc1ccc(NC(C)C2CC2)cc1Cl. The van der Waals surface area contributed by atoms with E-state index in [2.05, 4.69) is 12.2 Å². The summed E-state index contributed by atoms with van der Waals surface area (Å²) in [6.45, 7) is 6.22. The van der Waals surface area contributed by atoms with Gasteiger partial charge in [0.05, 0.1) is 11.1 Å². The molecule has 1 atom stereocenters. The molecule has 17 heavy (non-hydrogen) atoms. The second kappa shape index (κ2) is 5.18. The fourth-order valence-corrected chi connectivity index (χ4v) is 2.14. The third-order valence-electron chi connectivity index (χ3n) is 3.02. The first kappa shape index (κ1) is 12.6. The van der Waals surface area contributed by atoms with Crippen molar-refractivity contribution in [2.75, 3.05) is 5.32 Å². The Hall–Kier alpha value is -0.890. The van der Waals surface area contributed by atoms with Gasteiger partial charge in [0.1, 0.15) is 5.75 Å². The van der Waals surface area contributed by atoms with Crippen LogP contribution in [0.3, 0.4) is 0 Å². The Balaban J connectivity index is 2.02. The standard InChI is InChI=1S/C14H20ClNO/c1-9(2)17-14-7-6-12(8-13(14)15)16-10(3)11-4-5-11/h6-11,16H,4-5H2,1-3H3. The lowest BCUT2D eigenvalue weighted by Gasteiger charge is -2.16. The molecule has 2 rings (SSSR count). The number of nitrogens with one attached hydrogen (secondary N) is 1. The first-order valence-corrected chi connectivity index (χ1v) is 6.67. The normalized spacial score (nSPS) is 17.0. The summed E-state index contributed by atoms with van der Waals surface area (Å²) >= 11 is 6.19. The monoisotopic (exact) mass is 253 g/mol. The number of anilines is 1. The van der Waals surface area contributed by atoms with Crippen molar-refractivity contribution in [3.05, 3.63) is 23.2 Å². The van der Waals surface area contributed by atoms with Gasteiger partial charge in [0, 0.05) is 11.7 Å². The Labute approximate surface area is 108 Å². The molecule has 0 radical (unpaired) electrons. The maximum atomic E-state index is 6.19. The van der Waals surface area contributed by atoms with Crippen molar-refractivity contribution in [3.63, 3.8) is 0 Å². The average molecular weight is 254 g/mol. The van der Waals surface area contributed by atoms with Crippen molar-refractivity contribution >= 4 is 17.3 Å². The van der Waals surface area contributed by atoms with E-state index in [-0.39, 0.29) is 6.10 Å². The van der Waals surface area contributed by atoms with E-state index in [1.54, 1.807) is 0 Å². The summed E-state index contributed by atoms with van der Waals surface area (Å²) in [5.41, 5.74) is 1.07. The quantitative estimate of drug-likeness (QED) is 0.843. The summed E-state index contributed by atoms with van der Waals surface area (Å²) in [6, 6.07) is 6.44. The van der Waals surface area contributed by atoms with E-state index in [1.807, 2.05) is 32.0 Å². The van der Waals surface area contributed by atoms with Crippen LogP contribution in [0.25, 0.3) is 0 Å². The minimum absolute atomic E-state index is 0.150. The Morgan fingerprint density at radius 1 is 1.29 bits per heavy atom. The van der Waals surface area contributed by atoms with Crippen LogP contribution in [0, 0.1) is 5.92 Å². The average Bonchev–Trinajstić information content (AvgIpc) is 3.05. The van der Waals surface area contributed by atoms with Crippen LogP contribution in [0.2, 0.25) is 5.02 Å². The van der Waals surface area contributed by atoms with Crippen LogP contribution in [-0.4, -0.2) is 12.1 Å². The van der Waals surface area contributed by atoms with E-state index in [0.717, 1.165) is 17.4 Å². The number of ether oxygens (including phenoxy) is 1. The van der Waals surface area contributed by atoms with E-state index in [0.29, 0.717) is 11.1 Å². The van der Waals surface area contributed by atoms with Crippen molar-refractivity contribution in [2.24, 2.45) is 5.92 Å². The van der Waals surface area contributed by atoms with Gasteiger partial charge >= 0.3 is 0 Å². The van der Waals surface area contributed by atoms with Crippen LogP contribution in [0.15, 0.2) is 18.2 Å². The molecule has 1 aromatic carbocycles. The fourth-order valence-electron chi connectivity index (χ4n) is 1.92. The van der Waals surface area contributed by atoms with Crippen LogP contribution in [0.5, 0.6) is 5.75 Å². The molecule has 1 aliphatic carbocycles. The molecule has 0 heterocycles. The van der Waals surface area contributed by atoms with Crippen molar-refractivity contribution in [2.45, 2.75) is 45.8 Å². The van der Waals surface area contributed by atoms with Gasteiger partial charge in [-0.1, -0.05) is 11.6 Å². The van der Waals surface area contributed by atoms with Gasteiger partial charge in [-0.25, -0.2) is 0 Å². The fraction of sp³-hybridized carbons (Fsp3) is 0.571. The number of rotatable bonds is 5. The Morgan fingerprint density at radius 3 is 2.53 bits per heavy atom. The van der Waals surface area contributed by atoms with Gasteiger partial charge in [0.25, 0.3) is 0 Å². The van der Waals surface area contributed by atoms with Gasteiger partial charge in [0.2, 0.25) is 0 Å². The maximum Gasteiger partial charge on any atom is 0.138 e. The summed E-state index contributed by atoms with van der Waals surface area (Å²) in [5.74, 6) is 1.59. The summed E-state index contributed by atoms with van der Waals surface area (Å²) in [5, 5.41) is 4.16. The van der Waals surface area contributed by atoms with Crippen LogP contribution >= 0.6 is 11.6 Å². The Morgan fingerprint density at radius 2 is 2.00 bits per heavy atom. The molecule has 1 unspecified atom stereocenters. The molecular formula is C14H20ClNO. The van der Waals surface area contributed by atoms with Crippen molar-refractivity contribution in [1.29, 1.82) is 0 Å². The molecule has 94 valence electrons. The molecule has 0 saturated heterocycles. The third-order valence-corrected chi connectivity index (χ3v) is 3.31. The molecule has 0 aliphatic heterocycles. The lowest BCUT2D eigenvalue weighted by Crippen LogP contribution is -2.17. The van der Waals surface area contributed by atoms with E-state index in [4.69, 9.17) is 16.3 Å². The summed E-state index contributed by atoms with van der Waals surface area (Å²) < 4.78 is 5.61. The van der Waals surface area contributed by atoms with Crippen molar-refractivity contribution in [1.82, 2.24) is 0 Å². The summed E-state index contributed by atoms with van der Waals surface area (Å²) in [6.07, 6.45) is 2.84. The van der Waals surface area contributed by atoms with Gasteiger partial charge in [-0.2, -0.15) is 0 Å². The van der Waals surface area contributed by atoms with Crippen molar-refractivity contribution in [3.8, 4) is 5.75 Å². The van der Waals surface area contributed by atoms with Gasteiger partial charge in [-0.3, -0.25) is 0 Å². The van der Waals surface area contributed by atoms with Crippen LogP contribution in [0.4, 0.5) is 5.69 Å². The number of halogens is 1. The highest BCUT2D eigenvalue weighted by molar-refractivity contribution is 6.32. The first-order valence-electron chi connectivity index (χ1n) is 6.29. The molecule has 0 spiro atoms. The van der Waals surface area contributed by atoms with Crippen LogP contribution in [0.1, 0.15) is 33.6 Å². The summed E-state index contributed by atoms with van der Waals surface area (Å²) in [4.78, 5) is 0. The second-order valence-corrected chi connectivity index (χ2v) is 5.49. The van der Waals surface area contributed by atoms with Gasteiger partial charge < -0.3 is 10.1 Å². The lowest BCUT2D eigenvalue weighted by molar-refractivity contribution is 0.242. The highest BCUT2D eigenvalue weighted by Gasteiger charge is 2.27. The van der Waals surface area contributed by atoms with Gasteiger partial charge in [-0.05, 0) is 57.7 Å². The topological polar surface area (TPSA) is 21.3 Å². The molecular weight excluding hydrogens is 234 g/mol. The largest absolute Gasteiger partial charge is 0.489 e. The van der Waals surface area contributed by atoms with Crippen LogP contribution < -0.4 is 10.1 Å². The molecule has 0 amide bonds. The zero-order valence-electron chi connectivity index (χ0n) is 10.7. The molecule has 2 nitrogen and oxygen atoms in total. The van der Waals surface area contributed by atoms with E-state index in [9.17, 15) is 0 Å². The van der Waals surface area contributed by atoms with Crippen LogP contribution in [-0.2, 0) is 0 Å². The van der Waals surface area contributed by atoms with E-state index < -0.39 is 0 Å². The Bertz CT molecular complexity index is 388. The second-order valence-electron chi connectivity index (χ2n) is 5.08. The number of hydrogen-bond acceptors (Lipinski definition) is 2. The third kappa shape index (κ3) is 3.53.